The SMILES string of the molecule is CCCOc1ccc(C(=O)OC(C)C(=O)NCc2ccccc2)cc1OCC. The highest BCUT2D eigenvalue weighted by molar-refractivity contribution is 5.92. The minimum Gasteiger partial charge on any atom is -0.490 e. The number of benzene rings is 2. The number of carbonyl (C=O) groups excluding carboxylic acids is 2. The van der Waals surface area contributed by atoms with Gasteiger partial charge in [0.25, 0.3) is 5.91 Å². The van der Waals surface area contributed by atoms with E-state index in [9.17, 15) is 9.59 Å². The molecule has 0 aliphatic carbocycles. The van der Waals surface area contributed by atoms with Crippen molar-refractivity contribution in [1.29, 1.82) is 0 Å². The molecular weight excluding hydrogens is 358 g/mol. The molecule has 2 aromatic carbocycles. The minimum atomic E-state index is -0.914. The van der Waals surface area contributed by atoms with Gasteiger partial charge in [-0.05, 0) is 44.0 Å². The van der Waals surface area contributed by atoms with E-state index in [-0.39, 0.29) is 5.91 Å². The van der Waals surface area contributed by atoms with E-state index in [0.29, 0.717) is 36.8 Å². The van der Waals surface area contributed by atoms with Crippen LogP contribution in [0.4, 0.5) is 0 Å². The van der Waals surface area contributed by atoms with Gasteiger partial charge in [-0.25, -0.2) is 4.79 Å². The lowest BCUT2D eigenvalue weighted by Gasteiger charge is -2.15. The number of ether oxygens (including phenoxy) is 3. The topological polar surface area (TPSA) is 73.9 Å². The summed E-state index contributed by atoms with van der Waals surface area (Å²) < 4.78 is 16.5. The highest BCUT2D eigenvalue weighted by atomic mass is 16.5. The summed E-state index contributed by atoms with van der Waals surface area (Å²) in [6, 6.07) is 14.4. The molecule has 0 saturated heterocycles. The third-order valence-electron chi connectivity index (χ3n) is 3.90. The van der Waals surface area contributed by atoms with E-state index in [1.165, 1.54) is 0 Å². The Morgan fingerprint density at radius 1 is 1.00 bits per heavy atom. The average molecular weight is 385 g/mol. The molecule has 0 aliphatic heterocycles. The van der Waals surface area contributed by atoms with Gasteiger partial charge in [-0.3, -0.25) is 4.79 Å². The van der Waals surface area contributed by atoms with E-state index in [1.807, 2.05) is 44.2 Å². The van der Waals surface area contributed by atoms with Crippen molar-refractivity contribution >= 4 is 11.9 Å². The maximum atomic E-state index is 12.4. The molecule has 1 N–H and O–H groups in total. The average Bonchev–Trinajstić information content (AvgIpc) is 2.71. The third kappa shape index (κ3) is 6.30. The van der Waals surface area contributed by atoms with Gasteiger partial charge < -0.3 is 19.5 Å². The summed E-state index contributed by atoms with van der Waals surface area (Å²) in [5, 5.41) is 2.76. The van der Waals surface area contributed by atoms with E-state index in [1.54, 1.807) is 25.1 Å². The van der Waals surface area contributed by atoms with Crippen molar-refractivity contribution in [2.24, 2.45) is 0 Å². The molecule has 1 unspecified atom stereocenters. The Balaban J connectivity index is 1.96. The van der Waals surface area contributed by atoms with Gasteiger partial charge in [-0.1, -0.05) is 37.3 Å². The smallest absolute Gasteiger partial charge is 0.339 e. The second kappa shape index (κ2) is 11.0. The maximum Gasteiger partial charge on any atom is 0.339 e. The van der Waals surface area contributed by atoms with Crippen molar-refractivity contribution < 1.29 is 23.8 Å². The molecule has 2 rings (SSSR count). The lowest BCUT2D eigenvalue weighted by Crippen LogP contribution is -2.35. The molecule has 0 aromatic heterocycles. The number of carbonyl (C=O) groups is 2. The molecule has 6 nitrogen and oxygen atoms in total. The standard InChI is InChI=1S/C22H27NO5/c1-4-13-27-19-12-11-18(14-20(19)26-5-2)22(25)28-16(3)21(24)23-15-17-9-7-6-8-10-17/h6-12,14,16H,4-5,13,15H2,1-3H3,(H,23,24). The number of rotatable bonds is 10. The molecule has 0 radical (unpaired) electrons. The molecule has 6 heteroatoms. The molecule has 0 aliphatic rings. The Morgan fingerprint density at radius 3 is 2.43 bits per heavy atom. The fourth-order valence-electron chi connectivity index (χ4n) is 2.45. The summed E-state index contributed by atoms with van der Waals surface area (Å²) in [6.07, 6.45) is -0.0481. The molecule has 150 valence electrons. The molecule has 0 spiro atoms. The first-order valence-electron chi connectivity index (χ1n) is 9.47. The van der Waals surface area contributed by atoms with Gasteiger partial charge >= 0.3 is 5.97 Å². The van der Waals surface area contributed by atoms with Crippen molar-refractivity contribution in [2.45, 2.75) is 39.8 Å². The van der Waals surface area contributed by atoms with Crippen LogP contribution in [0.3, 0.4) is 0 Å². The zero-order valence-corrected chi connectivity index (χ0v) is 16.6. The zero-order valence-electron chi connectivity index (χ0n) is 16.6. The van der Waals surface area contributed by atoms with Crippen molar-refractivity contribution in [1.82, 2.24) is 5.32 Å². The Morgan fingerprint density at radius 2 is 1.75 bits per heavy atom. The molecule has 1 atom stereocenters. The summed E-state index contributed by atoms with van der Waals surface area (Å²) in [5.41, 5.74) is 1.27. The Hall–Kier alpha value is -3.02. The van der Waals surface area contributed by atoms with Gasteiger partial charge in [0.2, 0.25) is 0 Å². The minimum absolute atomic E-state index is 0.301. The molecule has 2 aromatic rings. The first-order chi connectivity index (χ1) is 13.5. The van der Waals surface area contributed by atoms with Crippen LogP contribution in [0, 0.1) is 0 Å². The van der Waals surface area contributed by atoms with Crippen molar-refractivity contribution in [2.75, 3.05) is 13.2 Å². The van der Waals surface area contributed by atoms with Crippen LogP contribution in [0.15, 0.2) is 48.5 Å². The van der Waals surface area contributed by atoms with Crippen LogP contribution in [-0.2, 0) is 16.1 Å². The first-order valence-corrected chi connectivity index (χ1v) is 9.47. The van der Waals surface area contributed by atoms with E-state index < -0.39 is 12.1 Å². The van der Waals surface area contributed by atoms with Crippen LogP contribution in [0.1, 0.15) is 43.1 Å². The van der Waals surface area contributed by atoms with Crippen molar-refractivity contribution in [3.8, 4) is 11.5 Å². The summed E-state index contributed by atoms with van der Waals surface area (Å²) in [4.78, 5) is 24.6. The van der Waals surface area contributed by atoms with Crippen LogP contribution >= 0.6 is 0 Å². The van der Waals surface area contributed by atoms with E-state index in [0.717, 1.165) is 12.0 Å². The normalized spacial score (nSPS) is 11.4. The molecule has 0 heterocycles. The van der Waals surface area contributed by atoms with Gasteiger partial charge in [0.05, 0.1) is 18.8 Å². The van der Waals surface area contributed by atoms with E-state index >= 15 is 0 Å². The predicted octanol–water partition coefficient (Wildman–Crippen LogP) is 3.74. The fraction of sp³-hybridized carbons (Fsp3) is 0.364. The van der Waals surface area contributed by atoms with Gasteiger partial charge in [-0.2, -0.15) is 0 Å². The van der Waals surface area contributed by atoms with Gasteiger partial charge in [0, 0.05) is 6.54 Å². The zero-order chi connectivity index (χ0) is 20.4. The molecule has 28 heavy (non-hydrogen) atoms. The third-order valence-corrected chi connectivity index (χ3v) is 3.90. The van der Waals surface area contributed by atoms with Crippen LogP contribution in [0.2, 0.25) is 0 Å². The Kier molecular flexibility index (Phi) is 8.34. The molecule has 0 saturated carbocycles. The van der Waals surface area contributed by atoms with Crippen LogP contribution in [0.5, 0.6) is 11.5 Å². The summed E-state index contributed by atoms with van der Waals surface area (Å²) in [5.74, 6) is 0.107. The van der Waals surface area contributed by atoms with Crippen LogP contribution in [-0.4, -0.2) is 31.2 Å². The van der Waals surface area contributed by atoms with Crippen LogP contribution < -0.4 is 14.8 Å². The summed E-state index contributed by atoms with van der Waals surface area (Å²) in [6.45, 7) is 6.78. The number of hydrogen-bond donors (Lipinski definition) is 1. The van der Waals surface area contributed by atoms with Gasteiger partial charge in [0.15, 0.2) is 17.6 Å². The summed E-state index contributed by atoms with van der Waals surface area (Å²) >= 11 is 0. The van der Waals surface area contributed by atoms with Crippen LogP contribution in [0.25, 0.3) is 0 Å². The van der Waals surface area contributed by atoms with E-state index in [2.05, 4.69) is 5.32 Å². The largest absolute Gasteiger partial charge is 0.490 e. The first kappa shape index (κ1) is 21.3. The summed E-state index contributed by atoms with van der Waals surface area (Å²) in [7, 11) is 0. The highest BCUT2D eigenvalue weighted by Crippen LogP contribution is 2.29. The predicted molar refractivity (Wildman–Crippen MR) is 107 cm³/mol. The molecule has 0 bridgehead atoms. The Labute approximate surface area is 165 Å². The van der Waals surface area contributed by atoms with Crippen molar-refractivity contribution in [3.05, 3.63) is 59.7 Å². The number of nitrogens with one attached hydrogen (secondary N) is 1. The molecule has 1 amide bonds. The number of hydrogen-bond acceptors (Lipinski definition) is 5. The second-order valence-corrected chi connectivity index (χ2v) is 6.19. The maximum absolute atomic E-state index is 12.4. The van der Waals surface area contributed by atoms with Gasteiger partial charge in [-0.15, -0.1) is 0 Å². The van der Waals surface area contributed by atoms with Gasteiger partial charge in [0.1, 0.15) is 0 Å². The number of amides is 1. The lowest BCUT2D eigenvalue weighted by atomic mass is 10.2. The number of esters is 1. The molecular formula is C22H27NO5. The quantitative estimate of drug-likeness (QED) is 0.631. The monoisotopic (exact) mass is 385 g/mol. The second-order valence-electron chi connectivity index (χ2n) is 6.19. The Bertz CT molecular complexity index is 776. The molecule has 0 fully saturated rings. The highest BCUT2D eigenvalue weighted by Gasteiger charge is 2.20. The lowest BCUT2D eigenvalue weighted by molar-refractivity contribution is -0.129. The van der Waals surface area contributed by atoms with Crippen molar-refractivity contribution in [3.63, 3.8) is 0 Å². The van der Waals surface area contributed by atoms with E-state index in [4.69, 9.17) is 14.2 Å². The fourth-order valence-corrected chi connectivity index (χ4v) is 2.45.